The van der Waals surface area contributed by atoms with E-state index in [4.69, 9.17) is 4.74 Å². The smallest absolute Gasteiger partial charge is 0.143 e. The number of aliphatic hydroxyl groups is 1. The lowest BCUT2D eigenvalue weighted by atomic mass is 10.00. The van der Waals surface area contributed by atoms with Crippen molar-refractivity contribution in [3.63, 3.8) is 0 Å². The molecule has 2 heterocycles. The van der Waals surface area contributed by atoms with Crippen LogP contribution in [0.3, 0.4) is 0 Å². The molecule has 0 saturated carbocycles. The zero-order valence-electron chi connectivity index (χ0n) is 11.0. The number of aliphatic hydroxyl groups excluding tert-OH is 1. The van der Waals surface area contributed by atoms with Gasteiger partial charge in [-0.2, -0.15) is 0 Å². The molecule has 100 valence electrons. The number of benzene rings is 1. The van der Waals surface area contributed by atoms with Crippen LogP contribution in [-0.2, 0) is 0 Å². The second-order valence-electron chi connectivity index (χ2n) is 4.48. The van der Waals surface area contributed by atoms with E-state index in [2.05, 4.69) is 9.97 Å². The van der Waals surface area contributed by atoms with E-state index < -0.39 is 6.10 Å². The Morgan fingerprint density at radius 1 is 1.15 bits per heavy atom. The summed E-state index contributed by atoms with van der Waals surface area (Å²) < 4.78 is 5.24. The number of hydrogen-bond acceptors (Lipinski definition) is 4. The summed E-state index contributed by atoms with van der Waals surface area (Å²) in [5.74, 6) is 0.575. The number of hydrogen-bond donors (Lipinski definition) is 1. The summed E-state index contributed by atoms with van der Waals surface area (Å²) in [5.41, 5.74) is 2.41. The van der Waals surface area contributed by atoms with Crippen molar-refractivity contribution in [2.45, 2.75) is 6.10 Å². The van der Waals surface area contributed by atoms with E-state index in [1.54, 1.807) is 31.8 Å². The van der Waals surface area contributed by atoms with Gasteiger partial charge in [0.15, 0.2) is 0 Å². The van der Waals surface area contributed by atoms with Gasteiger partial charge in [-0.25, -0.2) is 0 Å². The van der Waals surface area contributed by atoms with Gasteiger partial charge in [0.25, 0.3) is 0 Å². The maximum atomic E-state index is 10.5. The molecule has 0 spiro atoms. The molecule has 4 heteroatoms. The van der Waals surface area contributed by atoms with Gasteiger partial charge >= 0.3 is 0 Å². The van der Waals surface area contributed by atoms with Crippen LogP contribution in [0.5, 0.6) is 5.75 Å². The van der Waals surface area contributed by atoms with Gasteiger partial charge in [-0.05, 0) is 29.8 Å². The zero-order chi connectivity index (χ0) is 13.9. The van der Waals surface area contributed by atoms with E-state index in [9.17, 15) is 5.11 Å². The van der Waals surface area contributed by atoms with Gasteiger partial charge in [0.05, 0.1) is 18.8 Å². The molecule has 0 aliphatic carbocycles. The second kappa shape index (κ2) is 5.27. The average Bonchev–Trinajstić information content (AvgIpc) is 2.53. The minimum absolute atomic E-state index is 0.575. The van der Waals surface area contributed by atoms with Crippen LogP contribution >= 0.6 is 0 Å². The highest BCUT2D eigenvalue weighted by atomic mass is 16.5. The molecule has 1 aromatic carbocycles. The normalized spacial score (nSPS) is 12.3. The van der Waals surface area contributed by atoms with E-state index in [1.807, 2.05) is 30.3 Å². The van der Waals surface area contributed by atoms with Crippen LogP contribution in [0.2, 0.25) is 0 Å². The maximum absolute atomic E-state index is 10.5. The van der Waals surface area contributed by atoms with E-state index >= 15 is 0 Å². The van der Waals surface area contributed by atoms with E-state index in [-0.39, 0.29) is 0 Å². The van der Waals surface area contributed by atoms with Crippen LogP contribution in [0.1, 0.15) is 17.2 Å². The molecule has 1 unspecified atom stereocenters. The molecule has 0 amide bonds. The summed E-state index contributed by atoms with van der Waals surface area (Å²) in [7, 11) is 1.57. The highest BCUT2D eigenvalue weighted by Gasteiger charge is 2.15. The van der Waals surface area contributed by atoms with E-state index in [0.29, 0.717) is 11.3 Å². The number of fused-ring (bicyclic) bond motifs is 1. The summed E-state index contributed by atoms with van der Waals surface area (Å²) in [6, 6.07) is 11.3. The average molecular weight is 266 g/mol. The minimum Gasteiger partial charge on any atom is -0.495 e. The Hall–Kier alpha value is -2.46. The standard InChI is InChI=1S/C16H14N2O2/c1-20-15-10-17-8-6-13(15)16(19)12-4-5-14-11(9-12)3-2-7-18-14/h2-10,16,19H,1H3. The van der Waals surface area contributed by atoms with Crippen molar-refractivity contribution < 1.29 is 9.84 Å². The zero-order valence-corrected chi connectivity index (χ0v) is 11.0. The van der Waals surface area contributed by atoms with Gasteiger partial charge in [-0.3, -0.25) is 9.97 Å². The summed E-state index contributed by atoms with van der Waals surface area (Å²) in [6.07, 6.45) is 4.24. The van der Waals surface area contributed by atoms with Crippen molar-refractivity contribution in [2.75, 3.05) is 7.11 Å². The molecule has 4 nitrogen and oxygen atoms in total. The number of pyridine rings is 2. The molecular formula is C16H14N2O2. The van der Waals surface area contributed by atoms with Crippen molar-refractivity contribution in [2.24, 2.45) is 0 Å². The number of nitrogens with zero attached hydrogens (tertiary/aromatic N) is 2. The van der Waals surface area contributed by atoms with Crippen LogP contribution in [0.25, 0.3) is 10.9 Å². The minimum atomic E-state index is -0.752. The van der Waals surface area contributed by atoms with Crippen molar-refractivity contribution in [1.29, 1.82) is 0 Å². The lowest BCUT2D eigenvalue weighted by Gasteiger charge is -2.15. The molecule has 0 aliphatic heterocycles. The van der Waals surface area contributed by atoms with Crippen molar-refractivity contribution in [3.05, 3.63) is 66.1 Å². The quantitative estimate of drug-likeness (QED) is 0.792. The first-order valence-corrected chi connectivity index (χ1v) is 6.30. The van der Waals surface area contributed by atoms with Gasteiger partial charge in [-0.15, -0.1) is 0 Å². The Morgan fingerprint density at radius 3 is 2.90 bits per heavy atom. The van der Waals surface area contributed by atoms with Crippen LogP contribution in [0, 0.1) is 0 Å². The predicted molar refractivity (Wildman–Crippen MR) is 76.6 cm³/mol. The first-order chi connectivity index (χ1) is 9.79. The molecule has 3 rings (SSSR count). The molecule has 0 radical (unpaired) electrons. The Balaban J connectivity index is 2.05. The Kier molecular flexibility index (Phi) is 3.31. The molecule has 0 fully saturated rings. The molecule has 0 bridgehead atoms. The first-order valence-electron chi connectivity index (χ1n) is 6.30. The van der Waals surface area contributed by atoms with E-state index in [1.165, 1.54) is 0 Å². The Morgan fingerprint density at radius 2 is 2.05 bits per heavy atom. The molecule has 1 N–H and O–H groups in total. The topological polar surface area (TPSA) is 55.2 Å². The molecule has 2 aromatic heterocycles. The van der Waals surface area contributed by atoms with E-state index in [0.717, 1.165) is 16.5 Å². The van der Waals surface area contributed by atoms with Crippen LogP contribution in [-0.4, -0.2) is 22.2 Å². The van der Waals surface area contributed by atoms with Crippen LogP contribution in [0.15, 0.2) is 55.0 Å². The fourth-order valence-electron chi connectivity index (χ4n) is 2.23. The van der Waals surface area contributed by atoms with Crippen LogP contribution in [0.4, 0.5) is 0 Å². The molecule has 0 saturated heterocycles. The lowest BCUT2D eigenvalue weighted by Crippen LogP contribution is -2.02. The largest absolute Gasteiger partial charge is 0.495 e. The maximum Gasteiger partial charge on any atom is 0.143 e. The third-order valence-corrected chi connectivity index (χ3v) is 3.27. The number of rotatable bonds is 3. The number of methoxy groups -OCH3 is 1. The fraction of sp³-hybridized carbons (Fsp3) is 0.125. The summed E-state index contributed by atoms with van der Waals surface area (Å²) >= 11 is 0. The molecule has 1 atom stereocenters. The summed E-state index contributed by atoms with van der Waals surface area (Å²) in [6.45, 7) is 0. The highest BCUT2D eigenvalue weighted by Crippen LogP contribution is 2.30. The second-order valence-corrected chi connectivity index (χ2v) is 4.48. The van der Waals surface area contributed by atoms with Crippen molar-refractivity contribution >= 4 is 10.9 Å². The molecule has 20 heavy (non-hydrogen) atoms. The van der Waals surface area contributed by atoms with Gasteiger partial charge in [0, 0.05) is 23.3 Å². The number of aromatic nitrogens is 2. The third kappa shape index (κ3) is 2.21. The molecular weight excluding hydrogens is 252 g/mol. The number of ether oxygens (including phenoxy) is 1. The fourth-order valence-corrected chi connectivity index (χ4v) is 2.23. The van der Waals surface area contributed by atoms with Gasteiger partial charge in [-0.1, -0.05) is 12.1 Å². The lowest BCUT2D eigenvalue weighted by molar-refractivity contribution is 0.214. The Labute approximate surface area is 116 Å². The Bertz CT molecular complexity index is 743. The van der Waals surface area contributed by atoms with Gasteiger partial charge < -0.3 is 9.84 Å². The highest BCUT2D eigenvalue weighted by molar-refractivity contribution is 5.79. The van der Waals surface area contributed by atoms with Crippen LogP contribution < -0.4 is 4.74 Å². The SMILES string of the molecule is COc1cnccc1C(O)c1ccc2ncccc2c1. The summed E-state index contributed by atoms with van der Waals surface area (Å²) in [4.78, 5) is 8.27. The van der Waals surface area contributed by atoms with Crippen molar-refractivity contribution in [1.82, 2.24) is 9.97 Å². The first kappa shape index (κ1) is 12.6. The monoisotopic (exact) mass is 266 g/mol. The van der Waals surface area contributed by atoms with Gasteiger partial charge in [0.1, 0.15) is 11.9 Å². The summed E-state index contributed by atoms with van der Waals surface area (Å²) in [5, 5.41) is 11.5. The molecule has 3 aromatic rings. The van der Waals surface area contributed by atoms with Crippen molar-refractivity contribution in [3.8, 4) is 5.75 Å². The predicted octanol–water partition coefficient (Wildman–Crippen LogP) is 2.72. The third-order valence-electron chi connectivity index (χ3n) is 3.27. The molecule has 0 aliphatic rings. The van der Waals surface area contributed by atoms with Gasteiger partial charge in [0.2, 0.25) is 0 Å².